The molecule has 3 aliphatic heterocycles. The highest BCUT2D eigenvalue weighted by molar-refractivity contribution is 6.08. The Hall–Kier alpha value is -4.49. The zero-order chi connectivity index (χ0) is 30.1. The Morgan fingerprint density at radius 1 is 1.12 bits per heavy atom. The Morgan fingerprint density at radius 3 is 2.67 bits per heavy atom. The molecular formula is C33H37N7O3. The predicted molar refractivity (Wildman–Crippen MR) is 165 cm³/mol. The van der Waals surface area contributed by atoms with Crippen LogP contribution in [0.3, 0.4) is 0 Å². The second kappa shape index (κ2) is 12.0. The number of hydrogen-bond donors (Lipinski definition) is 0. The average Bonchev–Trinajstić information content (AvgIpc) is 3.64. The van der Waals surface area contributed by atoms with Gasteiger partial charge in [-0.1, -0.05) is 36.9 Å². The summed E-state index contributed by atoms with van der Waals surface area (Å²) in [7, 11) is 2.11. The van der Waals surface area contributed by atoms with Crippen LogP contribution in [0.1, 0.15) is 40.0 Å². The molecule has 0 bridgehead atoms. The molecule has 3 aromatic rings. The van der Waals surface area contributed by atoms with Gasteiger partial charge in [0.2, 0.25) is 12.5 Å². The van der Waals surface area contributed by atoms with E-state index in [1.807, 2.05) is 48.2 Å². The number of ether oxygens (including phenoxy) is 1. The van der Waals surface area contributed by atoms with E-state index in [4.69, 9.17) is 21.3 Å². The number of carbonyl (C=O) groups excluding carboxylic acids is 2. The van der Waals surface area contributed by atoms with Gasteiger partial charge in [0.15, 0.2) is 0 Å². The van der Waals surface area contributed by atoms with E-state index in [-0.39, 0.29) is 24.4 Å². The minimum atomic E-state index is -0.295. The predicted octanol–water partition coefficient (Wildman–Crippen LogP) is 3.69. The average molecular weight is 580 g/mol. The Balaban J connectivity index is 1.32. The zero-order valence-electron chi connectivity index (χ0n) is 24.8. The quantitative estimate of drug-likeness (QED) is 0.312. The number of likely N-dealkylation sites (tertiary alicyclic amines) is 1. The van der Waals surface area contributed by atoms with Gasteiger partial charge in [-0.3, -0.25) is 9.59 Å². The van der Waals surface area contributed by atoms with Gasteiger partial charge in [-0.25, -0.2) is 6.57 Å². The van der Waals surface area contributed by atoms with Crippen LogP contribution in [0, 0.1) is 13.5 Å². The first kappa shape index (κ1) is 28.6. The molecule has 0 radical (unpaired) electrons. The van der Waals surface area contributed by atoms with E-state index in [0.717, 1.165) is 47.0 Å². The molecular weight excluding hydrogens is 542 g/mol. The summed E-state index contributed by atoms with van der Waals surface area (Å²) in [6.45, 7) is 17.0. The summed E-state index contributed by atoms with van der Waals surface area (Å²) in [4.78, 5) is 47.8. The third kappa shape index (κ3) is 5.53. The number of likely N-dealkylation sites (N-methyl/N-ethyl adjacent to an activating group) is 1. The number of fused-ring (bicyclic) bond motifs is 2. The largest absolute Gasteiger partial charge is 0.462 e. The van der Waals surface area contributed by atoms with Crippen LogP contribution in [0.2, 0.25) is 0 Å². The number of nitrogens with zero attached hydrogens (tertiary/aromatic N) is 7. The number of carbonyl (C=O) groups is 2. The van der Waals surface area contributed by atoms with Crippen molar-refractivity contribution < 1.29 is 14.3 Å². The smallest absolute Gasteiger partial charge is 0.318 e. The van der Waals surface area contributed by atoms with Crippen molar-refractivity contribution in [1.29, 1.82) is 0 Å². The lowest BCUT2D eigenvalue weighted by Crippen LogP contribution is -2.56. The molecule has 10 heteroatoms. The van der Waals surface area contributed by atoms with E-state index >= 15 is 0 Å². The standard InChI is InChI=1S/C33H37N7O3/c1-5-29(41)40-16-15-38(18-25(40)17-34-3)31-27-19-39(32(42)26-13-7-11-23-10-6-9-22(2)30(23)26)20-28(27)35-33(36-31)43-21-24-12-8-14-37(24)4/h5-7,9-11,13,24-25H,1,8,12,14-21H2,2,4H3/t24-,25-/m0/s1. The van der Waals surface area contributed by atoms with Crippen molar-refractivity contribution in [1.82, 2.24) is 24.7 Å². The maximum absolute atomic E-state index is 14.0. The Morgan fingerprint density at radius 2 is 1.93 bits per heavy atom. The van der Waals surface area contributed by atoms with Crippen LogP contribution in [-0.2, 0) is 17.9 Å². The number of amides is 2. The highest BCUT2D eigenvalue weighted by atomic mass is 16.5. The lowest BCUT2D eigenvalue weighted by Gasteiger charge is -2.39. The number of aryl methyl sites for hydroxylation is 1. The van der Waals surface area contributed by atoms with Crippen LogP contribution < -0.4 is 9.64 Å². The highest BCUT2D eigenvalue weighted by Gasteiger charge is 2.37. The van der Waals surface area contributed by atoms with Crippen molar-refractivity contribution in [2.45, 2.75) is 44.9 Å². The summed E-state index contributed by atoms with van der Waals surface area (Å²) in [5, 5.41) is 2.00. The van der Waals surface area contributed by atoms with Gasteiger partial charge in [-0.15, -0.1) is 0 Å². The topological polar surface area (TPSA) is 86.5 Å². The molecule has 2 amide bonds. The molecule has 1 aromatic heterocycles. The van der Waals surface area contributed by atoms with Crippen LogP contribution in [0.15, 0.2) is 49.1 Å². The van der Waals surface area contributed by atoms with Crippen LogP contribution in [0.5, 0.6) is 6.01 Å². The molecule has 0 saturated carbocycles. The van der Waals surface area contributed by atoms with Crippen LogP contribution in [-0.4, -0.2) is 94.9 Å². The molecule has 10 nitrogen and oxygen atoms in total. The lowest BCUT2D eigenvalue weighted by molar-refractivity contribution is -0.128. The van der Waals surface area contributed by atoms with Crippen LogP contribution in [0.4, 0.5) is 5.82 Å². The van der Waals surface area contributed by atoms with Gasteiger partial charge in [0.05, 0.1) is 18.8 Å². The van der Waals surface area contributed by atoms with Crippen molar-refractivity contribution in [3.63, 3.8) is 0 Å². The molecule has 3 aliphatic rings. The van der Waals surface area contributed by atoms with Crippen LogP contribution in [0.25, 0.3) is 15.6 Å². The molecule has 222 valence electrons. The van der Waals surface area contributed by atoms with Crippen LogP contribution >= 0.6 is 0 Å². The third-order valence-electron chi connectivity index (χ3n) is 8.99. The highest BCUT2D eigenvalue weighted by Crippen LogP contribution is 2.34. The first-order chi connectivity index (χ1) is 20.9. The maximum Gasteiger partial charge on any atom is 0.318 e. The van der Waals surface area contributed by atoms with E-state index in [9.17, 15) is 9.59 Å². The van der Waals surface area contributed by atoms with E-state index in [1.54, 1.807) is 4.90 Å². The molecule has 2 atom stereocenters. The van der Waals surface area contributed by atoms with Crippen molar-refractivity contribution in [2.75, 3.05) is 51.3 Å². The Labute approximate surface area is 252 Å². The zero-order valence-corrected chi connectivity index (χ0v) is 24.8. The summed E-state index contributed by atoms with van der Waals surface area (Å²) in [6.07, 6.45) is 3.51. The van der Waals surface area contributed by atoms with Gasteiger partial charge in [0.1, 0.15) is 18.5 Å². The SMILES string of the molecule is [C-]#[N+]C[C@H]1CN(c2nc(OC[C@@H]3CCCN3C)nc3c2CN(C(=O)c2cccc4cccc(C)c24)C3)CCN1C(=O)C=C. The summed E-state index contributed by atoms with van der Waals surface area (Å²) in [6, 6.07) is 12.2. The Bertz CT molecular complexity index is 1610. The molecule has 4 heterocycles. The molecule has 0 spiro atoms. The Kier molecular flexibility index (Phi) is 8.00. The van der Waals surface area contributed by atoms with Gasteiger partial charge >= 0.3 is 6.01 Å². The maximum atomic E-state index is 14.0. The minimum Gasteiger partial charge on any atom is -0.462 e. The molecule has 0 unspecified atom stereocenters. The molecule has 6 rings (SSSR count). The lowest BCUT2D eigenvalue weighted by atomic mass is 9.99. The van der Waals surface area contributed by atoms with Gasteiger partial charge in [-0.05, 0) is 61.8 Å². The van der Waals surface area contributed by atoms with Gasteiger partial charge in [-0.2, -0.15) is 9.97 Å². The van der Waals surface area contributed by atoms with E-state index in [2.05, 4.69) is 28.3 Å². The third-order valence-corrected chi connectivity index (χ3v) is 8.99. The molecule has 2 aromatic carbocycles. The van der Waals surface area contributed by atoms with E-state index < -0.39 is 0 Å². The van der Waals surface area contributed by atoms with Gasteiger partial charge < -0.3 is 29.2 Å². The summed E-state index contributed by atoms with van der Waals surface area (Å²) in [5.74, 6) is 0.490. The summed E-state index contributed by atoms with van der Waals surface area (Å²) < 4.78 is 6.20. The second-order valence-electron chi connectivity index (χ2n) is 11.7. The van der Waals surface area contributed by atoms with E-state index in [0.29, 0.717) is 62.8 Å². The first-order valence-electron chi connectivity index (χ1n) is 14.9. The van der Waals surface area contributed by atoms with Crippen molar-refractivity contribution in [3.8, 4) is 6.01 Å². The fourth-order valence-electron chi connectivity index (χ4n) is 6.64. The molecule has 2 saturated heterocycles. The molecule has 43 heavy (non-hydrogen) atoms. The monoisotopic (exact) mass is 579 g/mol. The number of hydrogen-bond acceptors (Lipinski definition) is 7. The summed E-state index contributed by atoms with van der Waals surface area (Å²) in [5.41, 5.74) is 3.40. The normalized spacial score (nSPS) is 20.3. The van der Waals surface area contributed by atoms with E-state index in [1.165, 1.54) is 6.08 Å². The number of piperazine rings is 1. The second-order valence-corrected chi connectivity index (χ2v) is 11.7. The van der Waals surface area contributed by atoms with Crippen molar-refractivity contribution in [2.24, 2.45) is 0 Å². The fraction of sp³-hybridized carbons (Fsp3) is 0.424. The molecule has 2 fully saturated rings. The van der Waals surface area contributed by atoms with Gasteiger partial charge in [0, 0.05) is 36.8 Å². The van der Waals surface area contributed by atoms with Crippen molar-refractivity contribution >= 4 is 28.4 Å². The van der Waals surface area contributed by atoms with Gasteiger partial charge in [0.25, 0.3) is 5.91 Å². The van der Waals surface area contributed by atoms with Crippen molar-refractivity contribution in [3.05, 3.63) is 82.9 Å². The number of aromatic nitrogens is 2. The minimum absolute atomic E-state index is 0.0498. The number of rotatable bonds is 7. The first-order valence-corrected chi connectivity index (χ1v) is 14.9. The molecule has 0 aliphatic carbocycles. The number of anilines is 1. The summed E-state index contributed by atoms with van der Waals surface area (Å²) >= 11 is 0. The fourth-order valence-corrected chi connectivity index (χ4v) is 6.64. The number of benzene rings is 2. The molecule has 0 N–H and O–H groups in total.